The fourth-order valence-corrected chi connectivity index (χ4v) is 3.93. The van der Waals surface area contributed by atoms with Gasteiger partial charge >= 0.3 is 0 Å². The number of nitrogens with two attached hydrogens (primary N) is 1. The minimum absolute atomic E-state index is 0.611. The normalized spacial score (nSPS) is 26.4. The largest absolute Gasteiger partial charge is 0.399 e. The SMILES string of the molecule is Nc1cccc(C2CCCCN2C2CCCCC2)c1. The summed E-state index contributed by atoms with van der Waals surface area (Å²) in [6, 6.07) is 9.99. The second-order valence-corrected chi connectivity index (χ2v) is 6.21. The lowest BCUT2D eigenvalue weighted by Gasteiger charge is -2.43. The third kappa shape index (κ3) is 2.94. The molecular weight excluding hydrogens is 232 g/mol. The van der Waals surface area contributed by atoms with Crippen molar-refractivity contribution in [2.45, 2.75) is 63.5 Å². The molecule has 2 fully saturated rings. The molecule has 1 saturated carbocycles. The lowest BCUT2D eigenvalue weighted by molar-refractivity contribution is 0.0722. The predicted molar refractivity (Wildman–Crippen MR) is 81.0 cm³/mol. The van der Waals surface area contributed by atoms with Crippen molar-refractivity contribution in [1.82, 2.24) is 4.90 Å². The number of rotatable bonds is 2. The summed E-state index contributed by atoms with van der Waals surface area (Å²) in [4.78, 5) is 2.79. The zero-order valence-electron chi connectivity index (χ0n) is 11.9. The van der Waals surface area contributed by atoms with E-state index < -0.39 is 0 Å². The molecule has 2 heteroatoms. The molecule has 0 bridgehead atoms. The van der Waals surface area contributed by atoms with E-state index in [2.05, 4.69) is 23.1 Å². The first-order valence-electron chi connectivity index (χ1n) is 7.96. The molecule has 0 radical (unpaired) electrons. The lowest BCUT2D eigenvalue weighted by atomic mass is 9.88. The second-order valence-electron chi connectivity index (χ2n) is 6.21. The van der Waals surface area contributed by atoms with Crippen LogP contribution >= 0.6 is 0 Å². The minimum atomic E-state index is 0.611. The van der Waals surface area contributed by atoms with Crippen LogP contribution in [0.3, 0.4) is 0 Å². The number of nitrogens with zero attached hydrogens (tertiary/aromatic N) is 1. The zero-order valence-corrected chi connectivity index (χ0v) is 11.9. The van der Waals surface area contributed by atoms with Gasteiger partial charge in [-0.3, -0.25) is 4.90 Å². The maximum Gasteiger partial charge on any atom is 0.0351 e. The lowest BCUT2D eigenvalue weighted by Crippen LogP contribution is -2.42. The van der Waals surface area contributed by atoms with Crippen LogP contribution < -0.4 is 5.73 Å². The van der Waals surface area contributed by atoms with Gasteiger partial charge in [0.25, 0.3) is 0 Å². The van der Waals surface area contributed by atoms with Crippen LogP contribution in [-0.4, -0.2) is 17.5 Å². The highest BCUT2D eigenvalue weighted by Gasteiger charge is 2.30. The summed E-state index contributed by atoms with van der Waals surface area (Å²) in [5.41, 5.74) is 8.32. The van der Waals surface area contributed by atoms with Crippen LogP contribution in [-0.2, 0) is 0 Å². The molecule has 1 aromatic carbocycles. The molecule has 0 amide bonds. The molecule has 1 saturated heterocycles. The molecule has 19 heavy (non-hydrogen) atoms. The number of hydrogen-bond donors (Lipinski definition) is 1. The Morgan fingerprint density at radius 1 is 0.947 bits per heavy atom. The number of nitrogen functional groups attached to an aromatic ring is 1. The van der Waals surface area contributed by atoms with E-state index in [4.69, 9.17) is 5.73 Å². The molecule has 1 aromatic rings. The minimum Gasteiger partial charge on any atom is -0.399 e. The summed E-state index contributed by atoms with van der Waals surface area (Å²) in [5, 5.41) is 0. The number of benzene rings is 1. The van der Waals surface area contributed by atoms with Crippen molar-refractivity contribution in [2.24, 2.45) is 0 Å². The van der Waals surface area contributed by atoms with E-state index in [9.17, 15) is 0 Å². The molecule has 2 nitrogen and oxygen atoms in total. The monoisotopic (exact) mass is 258 g/mol. The first kappa shape index (κ1) is 13.0. The van der Waals surface area contributed by atoms with Crippen molar-refractivity contribution < 1.29 is 0 Å². The summed E-state index contributed by atoms with van der Waals surface area (Å²) in [6.45, 7) is 1.28. The summed E-state index contributed by atoms with van der Waals surface area (Å²) in [6.07, 6.45) is 11.1. The average Bonchev–Trinajstić information content (AvgIpc) is 2.48. The van der Waals surface area contributed by atoms with Crippen LogP contribution in [0.1, 0.15) is 63.0 Å². The maximum absolute atomic E-state index is 5.97. The maximum atomic E-state index is 5.97. The Kier molecular flexibility index (Phi) is 4.07. The van der Waals surface area contributed by atoms with E-state index in [-0.39, 0.29) is 0 Å². The highest BCUT2D eigenvalue weighted by Crippen LogP contribution is 2.36. The van der Waals surface area contributed by atoms with Gasteiger partial charge in [0.05, 0.1) is 0 Å². The molecular formula is C17H26N2. The topological polar surface area (TPSA) is 29.3 Å². The van der Waals surface area contributed by atoms with Gasteiger partial charge in [-0.15, -0.1) is 0 Å². The first-order valence-corrected chi connectivity index (χ1v) is 7.96. The Morgan fingerprint density at radius 2 is 1.74 bits per heavy atom. The zero-order chi connectivity index (χ0) is 13.1. The van der Waals surface area contributed by atoms with Crippen molar-refractivity contribution in [2.75, 3.05) is 12.3 Å². The molecule has 3 rings (SSSR count). The molecule has 1 aliphatic carbocycles. The molecule has 2 aliphatic rings. The summed E-state index contributed by atoms with van der Waals surface area (Å²) in [5.74, 6) is 0. The Morgan fingerprint density at radius 3 is 2.53 bits per heavy atom. The van der Waals surface area contributed by atoms with Gasteiger partial charge in [-0.1, -0.05) is 37.8 Å². The van der Waals surface area contributed by atoms with Gasteiger partial charge < -0.3 is 5.73 Å². The van der Waals surface area contributed by atoms with Crippen molar-refractivity contribution in [3.05, 3.63) is 29.8 Å². The third-order valence-corrected chi connectivity index (χ3v) is 4.88. The smallest absolute Gasteiger partial charge is 0.0351 e. The van der Waals surface area contributed by atoms with Crippen LogP contribution in [0.25, 0.3) is 0 Å². The number of hydrogen-bond acceptors (Lipinski definition) is 2. The Bertz CT molecular complexity index is 409. The Labute approximate surface area is 117 Å². The fraction of sp³-hybridized carbons (Fsp3) is 0.647. The molecule has 2 N–H and O–H groups in total. The number of likely N-dealkylation sites (tertiary alicyclic amines) is 1. The molecule has 0 spiro atoms. The van der Waals surface area contributed by atoms with Gasteiger partial charge in [0, 0.05) is 17.8 Å². The number of piperidine rings is 1. The third-order valence-electron chi connectivity index (χ3n) is 4.88. The van der Waals surface area contributed by atoms with E-state index in [0.717, 1.165) is 11.7 Å². The molecule has 1 atom stereocenters. The molecule has 1 aliphatic heterocycles. The highest BCUT2D eigenvalue weighted by atomic mass is 15.2. The summed E-state index contributed by atoms with van der Waals surface area (Å²) in [7, 11) is 0. The van der Waals surface area contributed by atoms with E-state index in [1.165, 1.54) is 63.5 Å². The van der Waals surface area contributed by atoms with Gasteiger partial charge in [-0.25, -0.2) is 0 Å². The van der Waals surface area contributed by atoms with Gasteiger partial charge in [-0.2, -0.15) is 0 Å². The summed E-state index contributed by atoms with van der Waals surface area (Å²) < 4.78 is 0. The van der Waals surface area contributed by atoms with Crippen molar-refractivity contribution in [1.29, 1.82) is 0 Å². The van der Waals surface area contributed by atoms with Gasteiger partial charge in [-0.05, 0) is 49.9 Å². The van der Waals surface area contributed by atoms with E-state index in [1.807, 2.05) is 6.07 Å². The van der Waals surface area contributed by atoms with Crippen molar-refractivity contribution in [3.63, 3.8) is 0 Å². The van der Waals surface area contributed by atoms with Crippen LogP contribution in [0.2, 0.25) is 0 Å². The standard InChI is InChI=1S/C17H26N2/c18-15-8-6-7-14(13-15)17-11-4-5-12-19(17)16-9-2-1-3-10-16/h6-8,13,16-17H,1-5,9-12,18H2. The molecule has 1 heterocycles. The number of anilines is 1. The fourth-order valence-electron chi connectivity index (χ4n) is 3.93. The van der Waals surface area contributed by atoms with Crippen LogP contribution in [0.5, 0.6) is 0 Å². The van der Waals surface area contributed by atoms with Crippen LogP contribution in [0, 0.1) is 0 Å². The highest BCUT2D eigenvalue weighted by molar-refractivity contribution is 5.41. The van der Waals surface area contributed by atoms with E-state index in [0.29, 0.717) is 6.04 Å². The first-order chi connectivity index (χ1) is 9.34. The van der Waals surface area contributed by atoms with E-state index >= 15 is 0 Å². The Balaban J connectivity index is 1.80. The van der Waals surface area contributed by atoms with Crippen LogP contribution in [0.15, 0.2) is 24.3 Å². The van der Waals surface area contributed by atoms with Crippen molar-refractivity contribution >= 4 is 5.69 Å². The van der Waals surface area contributed by atoms with Gasteiger partial charge in [0.15, 0.2) is 0 Å². The van der Waals surface area contributed by atoms with Crippen LogP contribution in [0.4, 0.5) is 5.69 Å². The van der Waals surface area contributed by atoms with Crippen molar-refractivity contribution in [3.8, 4) is 0 Å². The summed E-state index contributed by atoms with van der Waals surface area (Å²) >= 11 is 0. The quantitative estimate of drug-likeness (QED) is 0.808. The van der Waals surface area contributed by atoms with E-state index in [1.54, 1.807) is 0 Å². The van der Waals surface area contributed by atoms with Gasteiger partial charge in [0.1, 0.15) is 0 Å². The molecule has 104 valence electrons. The molecule has 1 unspecified atom stereocenters. The second kappa shape index (κ2) is 5.96. The van der Waals surface area contributed by atoms with Gasteiger partial charge in [0.2, 0.25) is 0 Å². The average molecular weight is 258 g/mol. The predicted octanol–water partition coefficient (Wildman–Crippen LogP) is 4.13. The Hall–Kier alpha value is -1.02. The molecule has 0 aromatic heterocycles.